The van der Waals surface area contributed by atoms with Crippen LogP contribution in [0.4, 0.5) is 0 Å². The van der Waals surface area contributed by atoms with Crippen LogP contribution in [-0.2, 0) is 6.42 Å². The quantitative estimate of drug-likeness (QED) is 0.659. The van der Waals surface area contributed by atoms with E-state index in [0.29, 0.717) is 6.42 Å². The molecule has 0 radical (unpaired) electrons. The zero-order valence-electron chi connectivity index (χ0n) is 5.99. The van der Waals surface area contributed by atoms with Crippen LogP contribution in [-0.4, -0.2) is 16.2 Å². The number of aromatic nitrogens is 1. The minimum absolute atomic E-state index is 0.296. The van der Waals surface area contributed by atoms with Crippen molar-refractivity contribution < 1.29 is 5.11 Å². The van der Waals surface area contributed by atoms with Gasteiger partial charge in [0.15, 0.2) is 0 Å². The molecule has 10 heavy (non-hydrogen) atoms. The summed E-state index contributed by atoms with van der Waals surface area (Å²) in [4.78, 5) is 4.06. The fourth-order valence-electron chi connectivity index (χ4n) is 0.822. The van der Waals surface area contributed by atoms with E-state index in [-0.39, 0.29) is 6.10 Å². The maximum atomic E-state index is 8.97. The van der Waals surface area contributed by atoms with Gasteiger partial charge in [0.1, 0.15) is 0 Å². The fraction of sp³-hybridized carbons (Fsp3) is 0.375. The van der Waals surface area contributed by atoms with Crippen LogP contribution in [0.3, 0.4) is 0 Å². The van der Waals surface area contributed by atoms with Gasteiger partial charge in [-0.3, -0.25) is 4.98 Å². The number of hydrogen-bond acceptors (Lipinski definition) is 2. The molecule has 0 saturated heterocycles. The predicted molar refractivity (Wildman–Crippen MR) is 39.6 cm³/mol. The first kappa shape index (κ1) is 7.22. The topological polar surface area (TPSA) is 33.1 Å². The number of rotatable bonds is 2. The molecule has 0 saturated carbocycles. The number of aliphatic hydroxyl groups excluding tert-OH is 1. The first-order valence-electron chi connectivity index (χ1n) is 3.37. The van der Waals surface area contributed by atoms with Crippen LogP contribution in [0.25, 0.3) is 0 Å². The van der Waals surface area contributed by atoms with Crippen molar-refractivity contribution in [3.05, 3.63) is 30.1 Å². The van der Waals surface area contributed by atoms with E-state index in [4.69, 9.17) is 5.11 Å². The molecule has 0 aromatic carbocycles. The largest absolute Gasteiger partial charge is 0.393 e. The summed E-state index contributed by atoms with van der Waals surface area (Å²) in [7, 11) is 0. The molecule has 1 atom stereocenters. The summed E-state index contributed by atoms with van der Waals surface area (Å²) in [5.74, 6) is 0. The van der Waals surface area contributed by atoms with E-state index < -0.39 is 0 Å². The molecular formula is C8H11NO. The minimum Gasteiger partial charge on any atom is -0.393 e. The van der Waals surface area contributed by atoms with Gasteiger partial charge < -0.3 is 5.11 Å². The number of aliphatic hydroxyl groups is 1. The molecule has 2 nitrogen and oxygen atoms in total. The van der Waals surface area contributed by atoms with E-state index in [9.17, 15) is 0 Å². The second-order valence-electron chi connectivity index (χ2n) is 2.37. The minimum atomic E-state index is -0.296. The van der Waals surface area contributed by atoms with Crippen LogP contribution in [0.15, 0.2) is 24.4 Å². The van der Waals surface area contributed by atoms with Crippen LogP contribution in [0.1, 0.15) is 12.6 Å². The summed E-state index contributed by atoms with van der Waals surface area (Å²) in [6.45, 7) is 1.76. The lowest BCUT2D eigenvalue weighted by Gasteiger charge is -2.00. The molecule has 1 aromatic rings. The van der Waals surface area contributed by atoms with E-state index in [1.165, 1.54) is 0 Å². The second-order valence-corrected chi connectivity index (χ2v) is 2.37. The number of hydrogen-bond donors (Lipinski definition) is 1. The molecule has 54 valence electrons. The van der Waals surface area contributed by atoms with Gasteiger partial charge in [0, 0.05) is 18.3 Å². The lowest BCUT2D eigenvalue weighted by atomic mass is 10.2. The summed E-state index contributed by atoms with van der Waals surface area (Å²) in [6.07, 6.45) is 2.08. The highest BCUT2D eigenvalue weighted by molar-refractivity contribution is 5.03. The Morgan fingerprint density at radius 1 is 1.60 bits per heavy atom. The molecule has 0 aliphatic heterocycles. The molecule has 0 amide bonds. The number of nitrogens with zero attached hydrogens (tertiary/aromatic N) is 1. The molecule has 0 aliphatic carbocycles. The van der Waals surface area contributed by atoms with Gasteiger partial charge in [-0.1, -0.05) is 6.07 Å². The maximum absolute atomic E-state index is 8.97. The van der Waals surface area contributed by atoms with Gasteiger partial charge in [-0.05, 0) is 19.1 Å². The van der Waals surface area contributed by atoms with Crippen molar-refractivity contribution in [2.24, 2.45) is 0 Å². The summed E-state index contributed by atoms with van der Waals surface area (Å²) < 4.78 is 0. The van der Waals surface area contributed by atoms with Crippen LogP contribution < -0.4 is 0 Å². The SMILES string of the molecule is C[C@H](O)Cc1ccccn1. The van der Waals surface area contributed by atoms with Gasteiger partial charge in [0.05, 0.1) is 6.10 Å². The highest BCUT2D eigenvalue weighted by atomic mass is 16.3. The van der Waals surface area contributed by atoms with E-state index in [2.05, 4.69) is 4.98 Å². The molecular weight excluding hydrogens is 126 g/mol. The van der Waals surface area contributed by atoms with Gasteiger partial charge in [-0.2, -0.15) is 0 Å². The van der Waals surface area contributed by atoms with Crippen molar-refractivity contribution in [2.75, 3.05) is 0 Å². The molecule has 2 heteroatoms. The smallest absolute Gasteiger partial charge is 0.0567 e. The highest BCUT2D eigenvalue weighted by Gasteiger charge is 1.97. The standard InChI is InChI=1S/C8H11NO/c1-7(10)6-8-4-2-3-5-9-8/h2-5,7,10H,6H2,1H3/t7-/m0/s1. The van der Waals surface area contributed by atoms with E-state index in [1.54, 1.807) is 13.1 Å². The average Bonchev–Trinajstić information content (AvgIpc) is 1.88. The first-order chi connectivity index (χ1) is 4.79. The highest BCUT2D eigenvalue weighted by Crippen LogP contribution is 1.97. The van der Waals surface area contributed by atoms with Crippen molar-refractivity contribution in [2.45, 2.75) is 19.4 Å². The molecule has 0 spiro atoms. The lowest BCUT2D eigenvalue weighted by Crippen LogP contribution is -2.05. The molecule has 1 aromatic heterocycles. The third-order valence-corrected chi connectivity index (χ3v) is 1.23. The Morgan fingerprint density at radius 2 is 2.40 bits per heavy atom. The zero-order valence-corrected chi connectivity index (χ0v) is 5.99. The molecule has 1 rings (SSSR count). The third kappa shape index (κ3) is 2.15. The van der Waals surface area contributed by atoms with E-state index >= 15 is 0 Å². The van der Waals surface area contributed by atoms with Gasteiger partial charge >= 0.3 is 0 Å². The van der Waals surface area contributed by atoms with Gasteiger partial charge in [-0.25, -0.2) is 0 Å². The normalized spacial score (nSPS) is 13.0. The van der Waals surface area contributed by atoms with Crippen molar-refractivity contribution in [3.8, 4) is 0 Å². The summed E-state index contributed by atoms with van der Waals surface area (Å²) in [6, 6.07) is 5.70. The Labute approximate surface area is 60.5 Å². The van der Waals surface area contributed by atoms with Crippen LogP contribution in [0, 0.1) is 0 Å². The fourth-order valence-corrected chi connectivity index (χ4v) is 0.822. The number of pyridine rings is 1. The van der Waals surface area contributed by atoms with Crippen LogP contribution in [0.5, 0.6) is 0 Å². The van der Waals surface area contributed by atoms with E-state index in [0.717, 1.165) is 5.69 Å². The molecule has 0 aliphatic rings. The van der Waals surface area contributed by atoms with Gasteiger partial charge in [0.2, 0.25) is 0 Å². The van der Waals surface area contributed by atoms with Crippen molar-refractivity contribution in [3.63, 3.8) is 0 Å². The predicted octanol–water partition coefficient (Wildman–Crippen LogP) is 1.00. The molecule has 0 fully saturated rings. The zero-order chi connectivity index (χ0) is 7.40. The van der Waals surface area contributed by atoms with Gasteiger partial charge in [0.25, 0.3) is 0 Å². The van der Waals surface area contributed by atoms with Crippen LogP contribution >= 0.6 is 0 Å². The van der Waals surface area contributed by atoms with Crippen molar-refractivity contribution >= 4 is 0 Å². The van der Waals surface area contributed by atoms with Crippen molar-refractivity contribution in [1.82, 2.24) is 4.98 Å². The van der Waals surface area contributed by atoms with Crippen LogP contribution in [0.2, 0.25) is 0 Å². The summed E-state index contributed by atoms with van der Waals surface area (Å²) >= 11 is 0. The Balaban J connectivity index is 2.59. The molecule has 0 unspecified atom stereocenters. The Morgan fingerprint density at radius 3 is 2.90 bits per heavy atom. The third-order valence-electron chi connectivity index (χ3n) is 1.23. The Bertz CT molecular complexity index is 184. The first-order valence-corrected chi connectivity index (χ1v) is 3.37. The summed E-state index contributed by atoms with van der Waals surface area (Å²) in [5, 5.41) is 8.97. The maximum Gasteiger partial charge on any atom is 0.0567 e. The Kier molecular flexibility index (Phi) is 2.40. The Hall–Kier alpha value is -0.890. The average molecular weight is 137 g/mol. The molecule has 1 N–H and O–H groups in total. The lowest BCUT2D eigenvalue weighted by molar-refractivity contribution is 0.194. The second kappa shape index (κ2) is 3.32. The van der Waals surface area contributed by atoms with E-state index in [1.807, 2.05) is 18.2 Å². The van der Waals surface area contributed by atoms with Crippen molar-refractivity contribution in [1.29, 1.82) is 0 Å². The monoisotopic (exact) mass is 137 g/mol. The van der Waals surface area contributed by atoms with Gasteiger partial charge in [-0.15, -0.1) is 0 Å². The molecule has 0 bridgehead atoms. The summed E-state index contributed by atoms with van der Waals surface area (Å²) in [5.41, 5.74) is 0.942. The molecule has 1 heterocycles.